The molecule has 0 aliphatic carbocycles. The minimum Gasteiger partial charge on any atom is -0.310 e. The second-order valence-electron chi connectivity index (χ2n) is 4.55. The van der Waals surface area contributed by atoms with E-state index in [4.69, 9.17) is 0 Å². The maximum absolute atomic E-state index is 3.58. The first kappa shape index (κ1) is 13.8. The van der Waals surface area contributed by atoms with Crippen LogP contribution in [0.25, 0.3) is 0 Å². The molecule has 0 aliphatic heterocycles. The summed E-state index contributed by atoms with van der Waals surface area (Å²) in [6.45, 7) is 5.38. The SMILES string of the molecule is Cc1cccc(C(C)NCCc2ccc(Br)s2)c1. The topological polar surface area (TPSA) is 12.0 Å². The first-order valence-electron chi connectivity index (χ1n) is 6.19. The number of hydrogen-bond donors (Lipinski definition) is 1. The molecule has 1 aromatic heterocycles. The number of aryl methyl sites for hydroxylation is 1. The van der Waals surface area contributed by atoms with Crippen molar-refractivity contribution in [3.63, 3.8) is 0 Å². The zero-order chi connectivity index (χ0) is 13.0. The molecule has 2 rings (SSSR count). The largest absolute Gasteiger partial charge is 0.310 e. The van der Waals surface area contributed by atoms with E-state index in [2.05, 4.69) is 71.5 Å². The van der Waals surface area contributed by atoms with Crippen molar-refractivity contribution >= 4 is 27.3 Å². The third-order valence-corrected chi connectivity index (χ3v) is 4.68. The van der Waals surface area contributed by atoms with E-state index in [0.29, 0.717) is 6.04 Å². The molecule has 1 nitrogen and oxygen atoms in total. The van der Waals surface area contributed by atoms with Gasteiger partial charge in [-0.25, -0.2) is 0 Å². The van der Waals surface area contributed by atoms with Crippen LogP contribution in [0.1, 0.15) is 29.0 Å². The molecule has 0 fully saturated rings. The predicted molar refractivity (Wildman–Crippen MR) is 83.3 cm³/mol. The van der Waals surface area contributed by atoms with Crippen molar-refractivity contribution in [1.29, 1.82) is 0 Å². The van der Waals surface area contributed by atoms with Gasteiger partial charge in [0.25, 0.3) is 0 Å². The van der Waals surface area contributed by atoms with Gasteiger partial charge in [0.05, 0.1) is 3.79 Å². The van der Waals surface area contributed by atoms with Gasteiger partial charge in [0, 0.05) is 17.5 Å². The lowest BCUT2D eigenvalue weighted by molar-refractivity contribution is 0.578. The van der Waals surface area contributed by atoms with Gasteiger partial charge < -0.3 is 5.32 Å². The van der Waals surface area contributed by atoms with E-state index >= 15 is 0 Å². The van der Waals surface area contributed by atoms with Gasteiger partial charge in [-0.15, -0.1) is 11.3 Å². The Balaban J connectivity index is 1.83. The van der Waals surface area contributed by atoms with E-state index in [1.165, 1.54) is 19.8 Å². The number of thiophene rings is 1. The molecule has 0 spiro atoms. The maximum Gasteiger partial charge on any atom is 0.0701 e. The maximum atomic E-state index is 3.58. The van der Waals surface area contributed by atoms with Crippen LogP contribution in [0.15, 0.2) is 40.2 Å². The van der Waals surface area contributed by atoms with Gasteiger partial charge in [-0.2, -0.15) is 0 Å². The molecule has 0 radical (unpaired) electrons. The van der Waals surface area contributed by atoms with Crippen molar-refractivity contribution in [2.24, 2.45) is 0 Å². The van der Waals surface area contributed by atoms with E-state index in [-0.39, 0.29) is 0 Å². The van der Waals surface area contributed by atoms with E-state index in [0.717, 1.165) is 13.0 Å². The zero-order valence-corrected chi connectivity index (χ0v) is 13.1. The standard InChI is InChI=1S/C15H18BrNS/c1-11-4-3-5-13(10-11)12(2)17-9-8-14-6-7-15(16)18-14/h3-7,10,12,17H,8-9H2,1-2H3. The Morgan fingerprint density at radius 1 is 1.28 bits per heavy atom. The quantitative estimate of drug-likeness (QED) is 0.840. The third-order valence-electron chi connectivity index (χ3n) is 2.99. The second kappa shape index (κ2) is 6.50. The Morgan fingerprint density at radius 2 is 2.11 bits per heavy atom. The lowest BCUT2D eigenvalue weighted by atomic mass is 10.1. The molecule has 18 heavy (non-hydrogen) atoms. The summed E-state index contributed by atoms with van der Waals surface area (Å²) in [5.74, 6) is 0. The van der Waals surface area contributed by atoms with Crippen LogP contribution in [0.4, 0.5) is 0 Å². The number of benzene rings is 1. The molecule has 1 aromatic carbocycles. The third kappa shape index (κ3) is 3.94. The lowest BCUT2D eigenvalue weighted by Gasteiger charge is -2.14. The molecule has 2 aromatic rings. The summed E-state index contributed by atoms with van der Waals surface area (Å²) < 4.78 is 1.21. The van der Waals surface area contributed by atoms with Crippen molar-refractivity contribution in [1.82, 2.24) is 5.32 Å². The van der Waals surface area contributed by atoms with Gasteiger partial charge in [-0.3, -0.25) is 0 Å². The van der Waals surface area contributed by atoms with E-state index in [1.54, 1.807) is 0 Å². The highest BCUT2D eigenvalue weighted by atomic mass is 79.9. The van der Waals surface area contributed by atoms with Crippen molar-refractivity contribution < 1.29 is 0 Å². The fraction of sp³-hybridized carbons (Fsp3) is 0.333. The summed E-state index contributed by atoms with van der Waals surface area (Å²) in [4.78, 5) is 1.42. The first-order chi connectivity index (χ1) is 8.65. The van der Waals surface area contributed by atoms with Crippen LogP contribution in [-0.4, -0.2) is 6.54 Å². The Hall–Kier alpha value is -0.640. The predicted octanol–water partition coefficient (Wildman–Crippen LogP) is 4.71. The first-order valence-corrected chi connectivity index (χ1v) is 7.80. The molecule has 0 bridgehead atoms. The van der Waals surface area contributed by atoms with Crippen LogP contribution in [0.3, 0.4) is 0 Å². The van der Waals surface area contributed by atoms with E-state index in [1.807, 2.05) is 11.3 Å². The molecule has 1 unspecified atom stereocenters. The van der Waals surface area contributed by atoms with Gasteiger partial charge in [0.2, 0.25) is 0 Å². The fourth-order valence-corrected chi connectivity index (χ4v) is 3.44. The van der Waals surface area contributed by atoms with E-state index < -0.39 is 0 Å². The average Bonchev–Trinajstić information content (AvgIpc) is 2.75. The molecule has 0 saturated carbocycles. The second-order valence-corrected chi connectivity index (χ2v) is 7.09. The molecule has 1 N–H and O–H groups in total. The van der Waals surface area contributed by atoms with Gasteiger partial charge in [0.1, 0.15) is 0 Å². The average molecular weight is 324 g/mol. The Morgan fingerprint density at radius 3 is 2.78 bits per heavy atom. The molecular weight excluding hydrogens is 306 g/mol. The van der Waals surface area contributed by atoms with Crippen LogP contribution in [0.2, 0.25) is 0 Å². The van der Waals surface area contributed by atoms with Crippen LogP contribution in [0, 0.1) is 6.92 Å². The van der Waals surface area contributed by atoms with Crippen molar-refractivity contribution in [3.8, 4) is 0 Å². The number of rotatable bonds is 5. The minimum absolute atomic E-state index is 0.410. The Labute approximate surface area is 121 Å². The highest BCUT2D eigenvalue weighted by Gasteiger charge is 2.05. The van der Waals surface area contributed by atoms with E-state index in [9.17, 15) is 0 Å². The van der Waals surface area contributed by atoms with Crippen LogP contribution in [-0.2, 0) is 6.42 Å². The summed E-state index contributed by atoms with van der Waals surface area (Å²) in [5.41, 5.74) is 2.69. The molecule has 96 valence electrons. The molecule has 0 aliphatic rings. The molecule has 1 heterocycles. The van der Waals surface area contributed by atoms with Gasteiger partial charge >= 0.3 is 0 Å². The fourth-order valence-electron chi connectivity index (χ4n) is 1.96. The smallest absolute Gasteiger partial charge is 0.0701 e. The molecule has 0 amide bonds. The minimum atomic E-state index is 0.410. The number of nitrogens with one attached hydrogen (secondary N) is 1. The normalized spacial score (nSPS) is 12.6. The van der Waals surface area contributed by atoms with Crippen molar-refractivity contribution in [3.05, 3.63) is 56.2 Å². The number of halogens is 1. The van der Waals surface area contributed by atoms with Crippen LogP contribution >= 0.6 is 27.3 Å². The summed E-state index contributed by atoms with van der Waals surface area (Å²) in [5, 5.41) is 3.58. The monoisotopic (exact) mass is 323 g/mol. The Kier molecular flexibility index (Phi) is 4.98. The van der Waals surface area contributed by atoms with Crippen LogP contribution in [0.5, 0.6) is 0 Å². The highest BCUT2D eigenvalue weighted by Crippen LogP contribution is 2.22. The highest BCUT2D eigenvalue weighted by molar-refractivity contribution is 9.11. The van der Waals surface area contributed by atoms with Gasteiger partial charge in [-0.05, 0) is 53.9 Å². The molecule has 1 atom stereocenters. The number of hydrogen-bond acceptors (Lipinski definition) is 2. The summed E-state index contributed by atoms with van der Waals surface area (Å²) >= 11 is 5.31. The summed E-state index contributed by atoms with van der Waals surface area (Å²) in [6.07, 6.45) is 1.09. The molecular formula is C15H18BrNS. The van der Waals surface area contributed by atoms with Crippen molar-refractivity contribution in [2.75, 3.05) is 6.54 Å². The molecule has 0 saturated heterocycles. The Bertz CT molecular complexity index is 507. The van der Waals surface area contributed by atoms with Crippen molar-refractivity contribution in [2.45, 2.75) is 26.3 Å². The summed E-state index contributed by atoms with van der Waals surface area (Å²) in [7, 11) is 0. The summed E-state index contributed by atoms with van der Waals surface area (Å²) in [6, 6.07) is 13.4. The lowest BCUT2D eigenvalue weighted by Crippen LogP contribution is -2.21. The van der Waals surface area contributed by atoms with Crippen LogP contribution < -0.4 is 5.32 Å². The van der Waals surface area contributed by atoms with Gasteiger partial charge in [0.15, 0.2) is 0 Å². The van der Waals surface area contributed by atoms with Gasteiger partial charge in [-0.1, -0.05) is 29.8 Å². The molecule has 3 heteroatoms. The zero-order valence-electron chi connectivity index (χ0n) is 10.7.